The normalized spacial score (nSPS) is 14.7. The molecule has 0 aromatic carbocycles. The number of likely N-dealkylation sites (N-methyl/N-ethyl adjacent to an activating group) is 1. The van der Waals surface area contributed by atoms with Crippen molar-refractivity contribution >= 4 is 19.8 Å². The molecule has 178 valence electrons. The van der Waals surface area contributed by atoms with Crippen LogP contribution in [0, 0.1) is 0 Å². The van der Waals surface area contributed by atoms with Crippen LogP contribution in [0.5, 0.6) is 0 Å². The van der Waals surface area contributed by atoms with Crippen LogP contribution in [0.15, 0.2) is 0 Å². The Morgan fingerprint density at radius 3 is 2.13 bits per heavy atom. The highest BCUT2D eigenvalue weighted by atomic mass is 31.2. The Bertz CT molecular complexity index is 535. The zero-order valence-electron chi connectivity index (χ0n) is 19.3. The molecule has 0 fully saturated rings. The third kappa shape index (κ3) is 17.8. The molecule has 9 nitrogen and oxygen atoms in total. The van der Waals surface area contributed by atoms with Crippen molar-refractivity contribution in [3.05, 3.63) is 0 Å². The predicted octanol–water partition coefficient (Wildman–Crippen LogP) is 3.44. The van der Waals surface area contributed by atoms with Crippen molar-refractivity contribution in [2.45, 2.75) is 71.3 Å². The fraction of sp³-hybridized carbons (Fsp3) is 0.900. The first-order valence-electron chi connectivity index (χ1n) is 10.8. The van der Waals surface area contributed by atoms with Crippen LogP contribution in [0.2, 0.25) is 0 Å². The smallest absolute Gasteiger partial charge is 0.462 e. The van der Waals surface area contributed by atoms with Gasteiger partial charge in [0.15, 0.2) is 6.10 Å². The van der Waals surface area contributed by atoms with E-state index < -0.39 is 32.5 Å². The van der Waals surface area contributed by atoms with Gasteiger partial charge in [0.2, 0.25) is 0 Å². The number of rotatable bonds is 18. The molecule has 10 heteroatoms. The van der Waals surface area contributed by atoms with Crippen molar-refractivity contribution in [3.8, 4) is 0 Å². The maximum Gasteiger partial charge on any atom is 0.472 e. The van der Waals surface area contributed by atoms with Gasteiger partial charge in [0.1, 0.15) is 19.8 Å². The summed E-state index contributed by atoms with van der Waals surface area (Å²) in [5, 5.41) is 0. The second-order valence-electron chi connectivity index (χ2n) is 8.32. The zero-order chi connectivity index (χ0) is 23.0. The van der Waals surface area contributed by atoms with E-state index in [2.05, 4.69) is 6.92 Å². The van der Waals surface area contributed by atoms with Crippen LogP contribution in [-0.4, -0.2) is 74.9 Å². The van der Waals surface area contributed by atoms with E-state index in [1.54, 1.807) is 0 Å². The summed E-state index contributed by atoms with van der Waals surface area (Å²) in [6.07, 6.45) is 4.82. The van der Waals surface area contributed by atoms with Gasteiger partial charge in [0.05, 0.1) is 27.7 Å². The fourth-order valence-corrected chi connectivity index (χ4v) is 3.02. The molecule has 0 rings (SSSR count). The van der Waals surface area contributed by atoms with Gasteiger partial charge >= 0.3 is 19.8 Å². The minimum Gasteiger partial charge on any atom is -0.462 e. The highest BCUT2D eigenvalue weighted by Crippen LogP contribution is 2.43. The van der Waals surface area contributed by atoms with Crippen LogP contribution in [-0.2, 0) is 32.7 Å². The standard InChI is InChI=1S/C20H40NO8P/c1-6-8-10-11-13-19(22)26-16-18(29-20(23)12-9-7-2)17-28-30(24,25)27-15-14-21(3,4)5/h18H,6-17H2,1-5H3/p+1/t18-/m1/s1. The molecule has 1 unspecified atom stereocenters. The first-order chi connectivity index (χ1) is 14.0. The fourth-order valence-electron chi connectivity index (χ4n) is 2.28. The third-order valence-electron chi connectivity index (χ3n) is 4.14. The number of ether oxygens (including phenoxy) is 2. The lowest BCUT2D eigenvalue weighted by molar-refractivity contribution is -0.870. The molecule has 0 amide bonds. The van der Waals surface area contributed by atoms with Gasteiger partial charge in [-0.1, -0.05) is 39.5 Å². The summed E-state index contributed by atoms with van der Waals surface area (Å²) in [4.78, 5) is 33.6. The average molecular weight is 455 g/mol. The Morgan fingerprint density at radius 1 is 0.900 bits per heavy atom. The summed E-state index contributed by atoms with van der Waals surface area (Å²) in [6, 6.07) is 0. The van der Waals surface area contributed by atoms with E-state index in [0.717, 1.165) is 32.1 Å². The van der Waals surface area contributed by atoms with Crippen LogP contribution in [0.25, 0.3) is 0 Å². The second kappa shape index (κ2) is 15.8. The highest BCUT2D eigenvalue weighted by Gasteiger charge is 2.26. The van der Waals surface area contributed by atoms with Gasteiger partial charge in [-0.15, -0.1) is 0 Å². The molecule has 0 aliphatic carbocycles. The summed E-state index contributed by atoms with van der Waals surface area (Å²) >= 11 is 0. The predicted molar refractivity (Wildman–Crippen MR) is 114 cm³/mol. The minimum absolute atomic E-state index is 0.0327. The molecule has 1 N–H and O–H groups in total. The van der Waals surface area contributed by atoms with Crippen molar-refractivity contribution < 1.29 is 42.1 Å². The lowest BCUT2D eigenvalue weighted by atomic mass is 10.2. The summed E-state index contributed by atoms with van der Waals surface area (Å²) in [5.74, 6) is -0.866. The molecule has 0 spiro atoms. The second-order valence-corrected chi connectivity index (χ2v) is 9.77. The Hall–Kier alpha value is -0.990. The number of nitrogens with zero attached hydrogens (tertiary/aromatic N) is 1. The van der Waals surface area contributed by atoms with Gasteiger partial charge in [0.25, 0.3) is 0 Å². The topological polar surface area (TPSA) is 108 Å². The molecule has 0 saturated heterocycles. The largest absolute Gasteiger partial charge is 0.472 e. The number of hydrogen-bond donors (Lipinski definition) is 1. The van der Waals surface area contributed by atoms with Gasteiger partial charge < -0.3 is 18.9 Å². The maximum atomic E-state index is 12.1. The van der Waals surface area contributed by atoms with Gasteiger partial charge in [0, 0.05) is 12.8 Å². The van der Waals surface area contributed by atoms with Crippen molar-refractivity contribution in [3.63, 3.8) is 0 Å². The summed E-state index contributed by atoms with van der Waals surface area (Å²) in [6.45, 7) is 3.94. The van der Waals surface area contributed by atoms with E-state index in [1.165, 1.54) is 0 Å². The third-order valence-corrected chi connectivity index (χ3v) is 5.12. The monoisotopic (exact) mass is 454 g/mol. The molecule has 0 saturated carbocycles. The number of carbonyl (C=O) groups excluding carboxylic acids is 2. The molecule has 0 heterocycles. The van der Waals surface area contributed by atoms with Crippen LogP contribution in [0.3, 0.4) is 0 Å². The Kier molecular flexibility index (Phi) is 15.2. The first-order valence-corrected chi connectivity index (χ1v) is 12.3. The van der Waals surface area contributed by atoms with E-state index in [-0.39, 0.29) is 26.1 Å². The van der Waals surface area contributed by atoms with Crippen LogP contribution in [0.1, 0.15) is 65.2 Å². The van der Waals surface area contributed by atoms with E-state index in [9.17, 15) is 19.0 Å². The number of hydrogen-bond acceptors (Lipinski definition) is 7. The van der Waals surface area contributed by atoms with Gasteiger partial charge in [-0.2, -0.15) is 0 Å². The zero-order valence-corrected chi connectivity index (χ0v) is 20.2. The number of quaternary nitrogens is 1. The number of phosphoric ester groups is 1. The summed E-state index contributed by atoms with van der Waals surface area (Å²) in [5.41, 5.74) is 0. The first kappa shape index (κ1) is 29.0. The lowest BCUT2D eigenvalue weighted by Gasteiger charge is -2.24. The number of carbonyl (C=O) groups is 2. The Balaban J connectivity index is 4.59. The molecule has 0 aromatic heterocycles. The summed E-state index contributed by atoms with van der Waals surface area (Å²) < 4.78 is 33.0. The van der Waals surface area contributed by atoms with E-state index in [1.807, 2.05) is 28.1 Å². The molecule has 0 bridgehead atoms. The van der Waals surface area contributed by atoms with Crippen LogP contribution >= 0.6 is 7.82 Å². The number of esters is 2. The highest BCUT2D eigenvalue weighted by molar-refractivity contribution is 7.47. The van der Waals surface area contributed by atoms with E-state index in [4.69, 9.17) is 18.5 Å². The van der Waals surface area contributed by atoms with Crippen LogP contribution < -0.4 is 0 Å². The van der Waals surface area contributed by atoms with Crippen molar-refractivity contribution in [1.82, 2.24) is 0 Å². The quantitative estimate of drug-likeness (QED) is 0.145. The minimum atomic E-state index is -4.31. The van der Waals surface area contributed by atoms with E-state index in [0.29, 0.717) is 17.4 Å². The van der Waals surface area contributed by atoms with Crippen molar-refractivity contribution in [2.75, 3.05) is 47.5 Å². The molecule has 0 aliphatic rings. The molecule has 30 heavy (non-hydrogen) atoms. The number of unbranched alkanes of at least 4 members (excludes halogenated alkanes) is 4. The molecule has 0 radical (unpaired) electrons. The summed E-state index contributed by atoms with van der Waals surface area (Å²) in [7, 11) is 1.46. The van der Waals surface area contributed by atoms with Gasteiger partial charge in [-0.25, -0.2) is 4.57 Å². The van der Waals surface area contributed by atoms with Gasteiger partial charge in [-0.05, 0) is 12.8 Å². The molecular weight excluding hydrogens is 413 g/mol. The van der Waals surface area contributed by atoms with Crippen LogP contribution in [0.4, 0.5) is 0 Å². The van der Waals surface area contributed by atoms with Crippen molar-refractivity contribution in [1.29, 1.82) is 0 Å². The SMILES string of the molecule is CCCCCCC(=O)OC[C@H](COP(=O)(O)OCC[N+](C)(C)C)OC(=O)CCCC. The van der Waals surface area contributed by atoms with E-state index >= 15 is 0 Å². The Labute approximate surface area is 181 Å². The lowest BCUT2D eigenvalue weighted by Crippen LogP contribution is -2.37. The molecule has 2 atom stereocenters. The Morgan fingerprint density at radius 2 is 1.53 bits per heavy atom. The molecule has 0 aliphatic heterocycles. The van der Waals surface area contributed by atoms with Crippen molar-refractivity contribution in [2.24, 2.45) is 0 Å². The molecular formula is C20H41NO8P+. The number of phosphoric acid groups is 1. The van der Waals surface area contributed by atoms with Gasteiger partial charge in [-0.3, -0.25) is 18.6 Å². The maximum absolute atomic E-state index is 12.1. The molecule has 0 aromatic rings. The average Bonchev–Trinajstić information content (AvgIpc) is 2.64.